The van der Waals surface area contributed by atoms with Gasteiger partial charge in [-0.05, 0) is 41.3 Å². The van der Waals surface area contributed by atoms with E-state index in [-0.39, 0.29) is 17.9 Å². The number of fused-ring (bicyclic) bond motifs is 1. The first-order chi connectivity index (χ1) is 11.1. The predicted octanol–water partition coefficient (Wildman–Crippen LogP) is 3.21. The number of ether oxygens (including phenoxy) is 1. The van der Waals surface area contributed by atoms with Crippen LogP contribution in [0.2, 0.25) is 0 Å². The van der Waals surface area contributed by atoms with Crippen molar-refractivity contribution < 1.29 is 9.53 Å². The van der Waals surface area contributed by atoms with Crippen LogP contribution in [0, 0.1) is 0 Å². The highest BCUT2D eigenvalue weighted by Crippen LogP contribution is 2.40. The standard InChI is InChI=1S/C19H22N2O2/c1-4-15-16-11-13(8-9-17(16)21(2)19(15)22)18(20)12-6-5-7-14(10-12)23-3/h5-11,15,18H,4,20H2,1-3H3. The van der Waals surface area contributed by atoms with E-state index in [1.807, 2.05) is 50.4 Å². The maximum Gasteiger partial charge on any atom is 0.234 e. The molecule has 1 heterocycles. The Morgan fingerprint density at radius 3 is 2.65 bits per heavy atom. The molecule has 0 aliphatic carbocycles. The number of carbonyl (C=O) groups is 1. The third kappa shape index (κ3) is 2.59. The number of carbonyl (C=O) groups excluding carboxylic acids is 1. The number of likely N-dealkylation sites (N-methyl/N-ethyl adjacent to an activating group) is 1. The second-order valence-electron chi connectivity index (χ2n) is 5.93. The molecule has 2 unspecified atom stereocenters. The summed E-state index contributed by atoms with van der Waals surface area (Å²) < 4.78 is 5.27. The van der Waals surface area contributed by atoms with Crippen molar-refractivity contribution in [3.05, 3.63) is 59.2 Å². The Balaban J connectivity index is 1.99. The Morgan fingerprint density at radius 1 is 1.22 bits per heavy atom. The summed E-state index contributed by atoms with van der Waals surface area (Å²) in [5, 5.41) is 0. The molecule has 120 valence electrons. The van der Waals surface area contributed by atoms with E-state index in [1.165, 1.54) is 0 Å². The number of methoxy groups -OCH3 is 1. The van der Waals surface area contributed by atoms with Crippen molar-refractivity contribution in [1.29, 1.82) is 0 Å². The normalized spacial score (nSPS) is 18.0. The number of hydrogen-bond acceptors (Lipinski definition) is 3. The first-order valence-corrected chi connectivity index (χ1v) is 7.87. The molecule has 0 fully saturated rings. The molecule has 1 amide bonds. The van der Waals surface area contributed by atoms with Gasteiger partial charge in [0.1, 0.15) is 5.75 Å². The Kier molecular flexibility index (Phi) is 4.09. The fourth-order valence-corrected chi connectivity index (χ4v) is 3.26. The van der Waals surface area contributed by atoms with Gasteiger partial charge in [0, 0.05) is 12.7 Å². The van der Waals surface area contributed by atoms with Crippen molar-refractivity contribution in [3.63, 3.8) is 0 Å². The number of rotatable bonds is 4. The Labute approximate surface area is 136 Å². The van der Waals surface area contributed by atoms with Crippen LogP contribution in [-0.4, -0.2) is 20.1 Å². The average molecular weight is 310 g/mol. The van der Waals surface area contributed by atoms with Crippen LogP contribution in [-0.2, 0) is 4.79 Å². The molecule has 23 heavy (non-hydrogen) atoms. The van der Waals surface area contributed by atoms with E-state index < -0.39 is 0 Å². The van der Waals surface area contributed by atoms with Gasteiger partial charge >= 0.3 is 0 Å². The van der Waals surface area contributed by atoms with Gasteiger partial charge in [0.05, 0.1) is 19.1 Å². The lowest BCUT2D eigenvalue weighted by Gasteiger charge is -2.16. The van der Waals surface area contributed by atoms with Crippen LogP contribution in [0.15, 0.2) is 42.5 Å². The summed E-state index contributed by atoms with van der Waals surface area (Å²) in [6, 6.07) is 13.6. The highest BCUT2D eigenvalue weighted by molar-refractivity contribution is 6.04. The van der Waals surface area contributed by atoms with Crippen molar-refractivity contribution in [2.45, 2.75) is 25.3 Å². The molecule has 1 aliphatic heterocycles. The average Bonchev–Trinajstić information content (AvgIpc) is 2.84. The van der Waals surface area contributed by atoms with Crippen LogP contribution in [0.25, 0.3) is 0 Å². The van der Waals surface area contributed by atoms with Crippen molar-refractivity contribution in [2.24, 2.45) is 5.73 Å². The van der Waals surface area contributed by atoms with Gasteiger partial charge in [0.25, 0.3) is 0 Å². The highest BCUT2D eigenvalue weighted by Gasteiger charge is 2.34. The first kappa shape index (κ1) is 15.6. The van der Waals surface area contributed by atoms with Crippen LogP contribution in [0.4, 0.5) is 5.69 Å². The van der Waals surface area contributed by atoms with E-state index in [2.05, 4.69) is 6.07 Å². The van der Waals surface area contributed by atoms with E-state index in [9.17, 15) is 4.79 Å². The van der Waals surface area contributed by atoms with Crippen molar-refractivity contribution in [1.82, 2.24) is 0 Å². The molecule has 4 heteroatoms. The zero-order valence-corrected chi connectivity index (χ0v) is 13.7. The molecule has 4 nitrogen and oxygen atoms in total. The molecule has 2 N–H and O–H groups in total. The number of nitrogens with two attached hydrogens (primary N) is 1. The maximum atomic E-state index is 12.3. The minimum Gasteiger partial charge on any atom is -0.497 e. The molecule has 1 aliphatic rings. The summed E-state index contributed by atoms with van der Waals surface area (Å²) in [6.45, 7) is 2.04. The second kappa shape index (κ2) is 6.05. The fraction of sp³-hybridized carbons (Fsp3) is 0.316. The molecule has 0 bridgehead atoms. The van der Waals surface area contributed by atoms with Gasteiger partial charge in [-0.1, -0.05) is 31.2 Å². The molecule has 0 saturated heterocycles. The number of amides is 1. The third-order valence-corrected chi connectivity index (χ3v) is 4.64. The minimum atomic E-state index is -0.242. The second-order valence-corrected chi connectivity index (χ2v) is 5.93. The SMILES string of the molecule is CCC1C(=O)N(C)c2ccc(C(N)c3cccc(OC)c3)cc21. The molecular weight excluding hydrogens is 288 g/mol. The first-order valence-electron chi connectivity index (χ1n) is 7.87. The smallest absolute Gasteiger partial charge is 0.234 e. The zero-order chi connectivity index (χ0) is 16.6. The van der Waals surface area contributed by atoms with Crippen LogP contribution in [0.1, 0.15) is 42.0 Å². The number of nitrogens with zero attached hydrogens (tertiary/aromatic N) is 1. The largest absolute Gasteiger partial charge is 0.497 e. The zero-order valence-electron chi connectivity index (χ0n) is 13.7. The predicted molar refractivity (Wildman–Crippen MR) is 91.9 cm³/mol. The van der Waals surface area contributed by atoms with E-state index in [1.54, 1.807) is 12.0 Å². The van der Waals surface area contributed by atoms with E-state index >= 15 is 0 Å². The molecular formula is C19H22N2O2. The number of anilines is 1. The molecule has 2 aromatic rings. The minimum absolute atomic E-state index is 0.0625. The fourth-order valence-electron chi connectivity index (χ4n) is 3.26. The summed E-state index contributed by atoms with van der Waals surface area (Å²) in [5.74, 6) is 0.891. The van der Waals surface area contributed by atoms with Gasteiger partial charge in [-0.2, -0.15) is 0 Å². The third-order valence-electron chi connectivity index (χ3n) is 4.64. The summed E-state index contributed by atoms with van der Waals surface area (Å²) in [5.41, 5.74) is 10.5. The van der Waals surface area contributed by atoms with Crippen LogP contribution < -0.4 is 15.4 Å². The number of hydrogen-bond donors (Lipinski definition) is 1. The lowest BCUT2D eigenvalue weighted by atomic mass is 9.92. The van der Waals surface area contributed by atoms with Crippen LogP contribution in [0.5, 0.6) is 5.75 Å². The Morgan fingerprint density at radius 2 is 1.96 bits per heavy atom. The Bertz CT molecular complexity index is 742. The van der Waals surface area contributed by atoms with Gasteiger partial charge in [-0.15, -0.1) is 0 Å². The van der Waals surface area contributed by atoms with Gasteiger partial charge in [-0.25, -0.2) is 0 Å². The Hall–Kier alpha value is -2.33. The molecule has 0 radical (unpaired) electrons. The van der Waals surface area contributed by atoms with Crippen molar-refractivity contribution in [2.75, 3.05) is 19.1 Å². The topological polar surface area (TPSA) is 55.6 Å². The van der Waals surface area contributed by atoms with E-state index in [0.717, 1.165) is 34.5 Å². The van der Waals surface area contributed by atoms with Gasteiger partial charge in [0.15, 0.2) is 0 Å². The van der Waals surface area contributed by atoms with Crippen molar-refractivity contribution in [3.8, 4) is 5.75 Å². The van der Waals surface area contributed by atoms with Crippen LogP contribution in [0.3, 0.4) is 0 Å². The van der Waals surface area contributed by atoms with Gasteiger partial charge in [0.2, 0.25) is 5.91 Å². The van der Waals surface area contributed by atoms with Crippen molar-refractivity contribution >= 4 is 11.6 Å². The summed E-state index contributed by atoms with van der Waals surface area (Å²) >= 11 is 0. The van der Waals surface area contributed by atoms with Gasteiger partial charge < -0.3 is 15.4 Å². The molecule has 2 aromatic carbocycles. The molecule has 3 rings (SSSR count). The summed E-state index contributed by atoms with van der Waals surface area (Å²) in [6.07, 6.45) is 0.800. The van der Waals surface area contributed by atoms with Gasteiger partial charge in [-0.3, -0.25) is 4.79 Å². The lowest BCUT2D eigenvalue weighted by Crippen LogP contribution is -2.23. The molecule has 0 aromatic heterocycles. The van der Waals surface area contributed by atoms with Crippen LogP contribution >= 0.6 is 0 Å². The summed E-state index contributed by atoms with van der Waals surface area (Å²) in [4.78, 5) is 14.0. The molecule has 0 saturated carbocycles. The monoisotopic (exact) mass is 310 g/mol. The quantitative estimate of drug-likeness (QED) is 0.943. The maximum absolute atomic E-state index is 12.3. The van der Waals surface area contributed by atoms with E-state index in [0.29, 0.717) is 0 Å². The highest BCUT2D eigenvalue weighted by atomic mass is 16.5. The molecule has 2 atom stereocenters. The van der Waals surface area contributed by atoms with E-state index in [4.69, 9.17) is 10.5 Å². The summed E-state index contributed by atoms with van der Waals surface area (Å²) in [7, 11) is 3.48. The molecule has 0 spiro atoms. The lowest BCUT2D eigenvalue weighted by molar-refractivity contribution is -0.119. The number of benzene rings is 2.